The fourth-order valence-corrected chi connectivity index (χ4v) is 4.50. The highest BCUT2D eigenvalue weighted by Gasteiger charge is 2.33. The van der Waals surface area contributed by atoms with Gasteiger partial charge in [0.25, 0.3) is 11.5 Å². The molecule has 4 rings (SSSR count). The molecule has 0 spiro atoms. The first kappa shape index (κ1) is 20.8. The Bertz CT molecular complexity index is 963. The predicted octanol–water partition coefficient (Wildman–Crippen LogP) is 2.51. The Morgan fingerprint density at radius 2 is 2.13 bits per heavy atom. The number of nitrogens with zero attached hydrogens (tertiary/aromatic N) is 5. The van der Waals surface area contributed by atoms with Crippen molar-refractivity contribution in [3.63, 3.8) is 0 Å². The van der Waals surface area contributed by atoms with Crippen molar-refractivity contribution in [1.82, 2.24) is 29.5 Å². The van der Waals surface area contributed by atoms with Gasteiger partial charge in [-0.05, 0) is 45.6 Å². The molecule has 2 aliphatic heterocycles. The monoisotopic (exact) mass is 412 g/mol. The third-order valence-corrected chi connectivity index (χ3v) is 6.24. The number of fused-ring (bicyclic) bond motifs is 1. The molecule has 1 unspecified atom stereocenters. The number of carbonyl (C=O) groups excluding carboxylic acids is 1. The Balaban J connectivity index is 1.61. The number of aromatic amines is 1. The molecule has 162 valence electrons. The number of hydrogen-bond acceptors (Lipinski definition) is 5. The first-order valence-electron chi connectivity index (χ1n) is 11.2. The number of aromatic nitrogens is 4. The van der Waals surface area contributed by atoms with Crippen LogP contribution < -0.4 is 5.56 Å². The van der Waals surface area contributed by atoms with Gasteiger partial charge in [-0.3, -0.25) is 19.2 Å². The fraction of sp³-hybridized carbons (Fsp3) is 0.636. The minimum atomic E-state index is -0.205. The smallest absolute Gasteiger partial charge is 0.274 e. The van der Waals surface area contributed by atoms with E-state index < -0.39 is 0 Å². The molecule has 8 heteroatoms. The number of carbonyl (C=O) groups is 1. The maximum absolute atomic E-state index is 13.2. The fourth-order valence-electron chi connectivity index (χ4n) is 4.50. The number of H-pyrrole nitrogens is 1. The minimum Gasteiger partial charge on any atom is -0.327 e. The van der Waals surface area contributed by atoms with Crippen molar-refractivity contribution in [2.45, 2.75) is 78.0 Å². The summed E-state index contributed by atoms with van der Waals surface area (Å²) < 4.78 is 1.81. The van der Waals surface area contributed by atoms with E-state index in [-0.39, 0.29) is 17.5 Å². The van der Waals surface area contributed by atoms with E-state index >= 15 is 0 Å². The average Bonchev–Trinajstić information content (AvgIpc) is 3.22. The largest absolute Gasteiger partial charge is 0.327 e. The molecule has 1 atom stereocenters. The van der Waals surface area contributed by atoms with Gasteiger partial charge in [-0.15, -0.1) is 0 Å². The summed E-state index contributed by atoms with van der Waals surface area (Å²) in [6, 6.07) is 1.98. The zero-order valence-electron chi connectivity index (χ0n) is 18.2. The lowest BCUT2D eigenvalue weighted by molar-refractivity contribution is 0.0591. The van der Waals surface area contributed by atoms with Crippen molar-refractivity contribution >= 4 is 5.91 Å². The molecule has 2 aromatic heterocycles. The number of likely N-dealkylation sites (tertiary alicyclic amines) is 1. The second kappa shape index (κ2) is 8.71. The van der Waals surface area contributed by atoms with Crippen molar-refractivity contribution in [2.75, 3.05) is 13.1 Å². The molecule has 8 nitrogen and oxygen atoms in total. The highest BCUT2D eigenvalue weighted by Crippen LogP contribution is 2.30. The molecule has 0 aliphatic carbocycles. The topological polar surface area (TPSA) is 87.1 Å². The molecule has 1 fully saturated rings. The zero-order chi connectivity index (χ0) is 21.3. The van der Waals surface area contributed by atoms with Crippen LogP contribution in [-0.2, 0) is 19.5 Å². The third kappa shape index (κ3) is 4.05. The maximum atomic E-state index is 13.2. The van der Waals surface area contributed by atoms with E-state index in [9.17, 15) is 9.59 Å². The van der Waals surface area contributed by atoms with E-state index in [1.807, 2.05) is 15.8 Å². The van der Waals surface area contributed by atoms with Gasteiger partial charge in [0.05, 0.1) is 17.3 Å². The van der Waals surface area contributed by atoms with Gasteiger partial charge in [0.1, 0.15) is 11.5 Å². The van der Waals surface area contributed by atoms with E-state index in [1.165, 1.54) is 0 Å². The number of nitrogens with one attached hydrogen (secondary N) is 1. The van der Waals surface area contributed by atoms with Gasteiger partial charge in [0, 0.05) is 44.8 Å². The van der Waals surface area contributed by atoms with Crippen LogP contribution in [0.2, 0.25) is 0 Å². The minimum absolute atomic E-state index is 0.0643. The van der Waals surface area contributed by atoms with Crippen LogP contribution in [0.3, 0.4) is 0 Å². The lowest BCUT2D eigenvalue weighted by Crippen LogP contribution is -2.42. The van der Waals surface area contributed by atoms with Gasteiger partial charge in [-0.2, -0.15) is 5.10 Å². The van der Waals surface area contributed by atoms with Crippen LogP contribution in [0.1, 0.15) is 80.1 Å². The van der Waals surface area contributed by atoms with Crippen molar-refractivity contribution < 1.29 is 4.79 Å². The molecular formula is C22H32N6O2. The van der Waals surface area contributed by atoms with Crippen LogP contribution in [0.15, 0.2) is 17.1 Å². The number of aryl methyl sites for hydroxylation is 1. The highest BCUT2D eigenvalue weighted by atomic mass is 16.2. The van der Waals surface area contributed by atoms with Crippen molar-refractivity contribution in [3.8, 4) is 0 Å². The standard InChI is InChI=1S/C22H32N6O2/c1-4-10-27-13-9-18(25-27)22(30)28-11-6-5-7-19(28)20-23-17-8-12-26(15(2)3)14-16(17)21(29)24-20/h9,13,15,19H,4-8,10-12,14H2,1-3H3,(H,23,24,29). The molecule has 0 aromatic carbocycles. The van der Waals surface area contributed by atoms with Crippen molar-refractivity contribution in [3.05, 3.63) is 45.4 Å². The van der Waals surface area contributed by atoms with Crippen LogP contribution in [0, 0.1) is 0 Å². The normalized spacial score (nSPS) is 19.9. The second-order valence-electron chi connectivity index (χ2n) is 8.66. The Kier molecular flexibility index (Phi) is 6.04. The number of piperidine rings is 1. The Labute approximate surface area is 177 Å². The van der Waals surface area contributed by atoms with Gasteiger partial charge >= 0.3 is 0 Å². The quantitative estimate of drug-likeness (QED) is 0.815. The van der Waals surface area contributed by atoms with Crippen LogP contribution in [0.5, 0.6) is 0 Å². The average molecular weight is 413 g/mol. The molecule has 2 aliphatic rings. The van der Waals surface area contributed by atoms with Gasteiger partial charge in [0.15, 0.2) is 0 Å². The second-order valence-corrected chi connectivity index (χ2v) is 8.66. The summed E-state index contributed by atoms with van der Waals surface area (Å²) in [6.45, 7) is 9.38. The molecule has 1 amide bonds. The summed E-state index contributed by atoms with van der Waals surface area (Å²) in [4.78, 5) is 38.1. The molecular weight excluding hydrogens is 380 g/mol. The molecule has 0 bridgehead atoms. The lowest BCUT2D eigenvalue weighted by Gasteiger charge is -2.35. The summed E-state index contributed by atoms with van der Waals surface area (Å²) in [5, 5.41) is 4.44. The summed E-state index contributed by atoms with van der Waals surface area (Å²) in [5.74, 6) is 0.540. The summed E-state index contributed by atoms with van der Waals surface area (Å²) >= 11 is 0. The predicted molar refractivity (Wildman–Crippen MR) is 114 cm³/mol. The van der Waals surface area contributed by atoms with Gasteiger partial charge in [-0.25, -0.2) is 4.98 Å². The van der Waals surface area contributed by atoms with E-state index in [0.29, 0.717) is 30.6 Å². The number of rotatable bonds is 5. The Morgan fingerprint density at radius 1 is 1.30 bits per heavy atom. The number of amides is 1. The first-order chi connectivity index (χ1) is 14.5. The molecule has 4 heterocycles. The maximum Gasteiger partial charge on any atom is 0.274 e. The zero-order valence-corrected chi connectivity index (χ0v) is 18.2. The summed E-state index contributed by atoms with van der Waals surface area (Å²) in [7, 11) is 0. The van der Waals surface area contributed by atoms with E-state index in [4.69, 9.17) is 4.98 Å². The van der Waals surface area contributed by atoms with Crippen LogP contribution in [-0.4, -0.2) is 54.6 Å². The molecule has 1 saturated heterocycles. The van der Waals surface area contributed by atoms with E-state index in [0.717, 1.165) is 56.5 Å². The van der Waals surface area contributed by atoms with Crippen molar-refractivity contribution in [2.24, 2.45) is 0 Å². The van der Waals surface area contributed by atoms with E-state index in [1.54, 1.807) is 6.07 Å². The Hall–Kier alpha value is -2.48. The Morgan fingerprint density at radius 3 is 2.90 bits per heavy atom. The summed E-state index contributed by atoms with van der Waals surface area (Å²) in [5.41, 5.74) is 2.05. The van der Waals surface area contributed by atoms with Crippen molar-refractivity contribution in [1.29, 1.82) is 0 Å². The summed E-state index contributed by atoms with van der Waals surface area (Å²) in [6.07, 6.45) is 6.37. The van der Waals surface area contributed by atoms with Crippen LogP contribution in [0.4, 0.5) is 0 Å². The molecule has 2 aromatic rings. The van der Waals surface area contributed by atoms with Gasteiger partial charge < -0.3 is 9.88 Å². The van der Waals surface area contributed by atoms with E-state index in [2.05, 4.69) is 35.8 Å². The van der Waals surface area contributed by atoms with Gasteiger partial charge in [0.2, 0.25) is 0 Å². The molecule has 0 radical (unpaired) electrons. The highest BCUT2D eigenvalue weighted by molar-refractivity contribution is 5.92. The first-order valence-corrected chi connectivity index (χ1v) is 11.2. The lowest BCUT2D eigenvalue weighted by atomic mass is 9.99. The SMILES string of the molecule is CCCn1ccc(C(=O)N2CCCCC2c2nc3c(c(=O)[nH]2)CN(C(C)C)CC3)n1. The van der Waals surface area contributed by atoms with Gasteiger partial charge in [-0.1, -0.05) is 6.92 Å². The third-order valence-electron chi connectivity index (χ3n) is 6.24. The number of hydrogen-bond donors (Lipinski definition) is 1. The van der Waals surface area contributed by atoms with Crippen LogP contribution >= 0.6 is 0 Å². The molecule has 1 N–H and O–H groups in total. The molecule has 30 heavy (non-hydrogen) atoms. The van der Waals surface area contributed by atoms with Crippen LogP contribution in [0.25, 0.3) is 0 Å². The molecule has 0 saturated carbocycles.